The van der Waals surface area contributed by atoms with Gasteiger partial charge in [0.15, 0.2) is 0 Å². The van der Waals surface area contributed by atoms with Crippen molar-refractivity contribution >= 4 is 0 Å². The summed E-state index contributed by atoms with van der Waals surface area (Å²) in [6.45, 7) is 17.9. The second kappa shape index (κ2) is 4.08. The smallest absolute Gasteiger partial charge is 0.0127 e. The van der Waals surface area contributed by atoms with Crippen molar-refractivity contribution in [2.75, 3.05) is 6.54 Å². The van der Waals surface area contributed by atoms with E-state index in [1.54, 1.807) is 0 Å². The highest BCUT2D eigenvalue weighted by atomic mass is 15.2. The molecule has 0 aromatic rings. The molecule has 1 fully saturated rings. The Morgan fingerprint density at radius 3 is 1.93 bits per heavy atom. The van der Waals surface area contributed by atoms with Crippen LogP contribution in [0.5, 0.6) is 0 Å². The minimum absolute atomic E-state index is 0.323. The van der Waals surface area contributed by atoms with E-state index in [9.17, 15) is 0 Å². The maximum Gasteiger partial charge on any atom is 0.0127 e. The molecule has 15 heavy (non-hydrogen) atoms. The van der Waals surface area contributed by atoms with Crippen LogP contribution in [0.1, 0.15) is 61.3 Å². The van der Waals surface area contributed by atoms with E-state index in [4.69, 9.17) is 0 Å². The lowest BCUT2D eigenvalue weighted by Crippen LogP contribution is -2.55. The normalized spacial score (nSPS) is 30.6. The molecule has 2 atom stereocenters. The summed E-state index contributed by atoms with van der Waals surface area (Å²) >= 11 is 0. The Bertz CT molecular complexity index is 184. The van der Waals surface area contributed by atoms with Crippen molar-refractivity contribution in [3.05, 3.63) is 0 Å². The van der Waals surface area contributed by atoms with Crippen molar-refractivity contribution in [2.24, 2.45) is 11.3 Å². The maximum atomic E-state index is 2.69. The van der Waals surface area contributed by atoms with E-state index < -0.39 is 0 Å². The summed E-state index contributed by atoms with van der Waals surface area (Å²) in [6.07, 6.45) is 2.76. The molecule has 0 saturated carbocycles. The first-order valence-electron chi connectivity index (χ1n) is 6.41. The molecule has 0 radical (unpaired) electrons. The predicted octanol–water partition coefficient (Wildman–Crippen LogP) is 3.93. The molecule has 1 aliphatic rings. The standard InChI is InChI=1S/C14H29N/c1-11-12(13(2,3)4)9-8-10-15(11)14(5,6)7/h11-12H,8-10H2,1-7H3. The van der Waals surface area contributed by atoms with Crippen molar-refractivity contribution in [3.8, 4) is 0 Å². The van der Waals surface area contributed by atoms with Gasteiger partial charge in [0.25, 0.3) is 0 Å². The van der Waals surface area contributed by atoms with Crippen LogP contribution in [-0.2, 0) is 0 Å². The monoisotopic (exact) mass is 211 g/mol. The van der Waals surface area contributed by atoms with E-state index in [0.717, 1.165) is 12.0 Å². The highest BCUT2D eigenvalue weighted by Gasteiger charge is 2.39. The number of nitrogens with zero attached hydrogens (tertiary/aromatic N) is 1. The lowest BCUT2D eigenvalue weighted by Gasteiger charge is -2.50. The minimum atomic E-state index is 0.323. The lowest BCUT2D eigenvalue weighted by atomic mass is 9.71. The Balaban J connectivity index is 2.81. The number of hydrogen-bond acceptors (Lipinski definition) is 1. The van der Waals surface area contributed by atoms with Gasteiger partial charge in [0.05, 0.1) is 0 Å². The molecular weight excluding hydrogens is 182 g/mol. The molecule has 0 aliphatic carbocycles. The van der Waals surface area contributed by atoms with Crippen LogP contribution in [0.3, 0.4) is 0 Å². The van der Waals surface area contributed by atoms with E-state index in [1.807, 2.05) is 0 Å². The number of rotatable bonds is 0. The average Bonchev–Trinajstić information content (AvgIpc) is 1.99. The average molecular weight is 211 g/mol. The van der Waals surface area contributed by atoms with Gasteiger partial charge in [0, 0.05) is 11.6 Å². The zero-order valence-corrected chi connectivity index (χ0v) is 11.7. The quantitative estimate of drug-likeness (QED) is 0.587. The van der Waals surface area contributed by atoms with Gasteiger partial charge >= 0.3 is 0 Å². The van der Waals surface area contributed by atoms with Crippen LogP contribution in [0.4, 0.5) is 0 Å². The molecule has 2 unspecified atom stereocenters. The van der Waals surface area contributed by atoms with E-state index in [-0.39, 0.29) is 0 Å². The second-order valence-electron chi connectivity index (χ2n) is 7.22. The maximum absolute atomic E-state index is 2.69. The topological polar surface area (TPSA) is 3.24 Å². The molecule has 1 heteroatoms. The van der Waals surface area contributed by atoms with Crippen LogP contribution in [0.25, 0.3) is 0 Å². The van der Waals surface area contributed by atoms with E-state index in [1.165, 1.54) is 19.4 Å². The molecule has 0 spiro atoms. The SMILES string of the molecule is CC1C(C(C)(C)C)CCCN1C(C)(C)C. The van der Waals surface area contributed by atoms with Crippen molar-refractivity contribution in [1.82, 2.24) is 4.90 Å². The first-order valence-corrected chi connectivity index (χ1v) is 6.41. The fourth-order valence-electron chi connectivity index (χ4n) is 3.25. The van der Waals surface area contributed by atoms with Crippen LogP contribution in [0, 0.1) is 11.3 Å². The Hall–Kier alpha value is -0.0400. The van der Waals surface area contributed by atoms with Gasteiger partial charge in [-0.05, 0) is 58.4 Å². The molecule has 1 nitrogen and oxygen atoms in total. The summed E-state index contributed by atoms with van der Waals surface area (Å²) in [4.78, 5) is 2.69. The van der Waals surface area contributed by atoms with Crippen LogP contribution < -0.4 is 0 Å². The lowest BCUT2D eigenvalue weighted by molar-refractivity contribution is -0.0129. The molecule has 90 valence electrons. The van der Waals surface area contributed by atoms with Crippen molar-refractivity contribution < 1.29 is 0 Å². The molecule has 1 rings (SSSR count). The Kier molecular flexibility index (Phi) is 3.55. The first kappa shape index (κ1) is 13.0. The summed E-state index contributed by atoms with van der Waals surface area (Å²) in [5.41, 5.74) is 0.771. The Morgan fingerprint density at radius 2 is 1.53 bits per heavy atom. The first-order chi connectivity index (χ1) is 6.64. The third-order valence-corrected chi connectivity index (χ3v) is 3.96. The molecule has 0 bridgehead atoms. The van der Waals surface area contributed by atoms with Crippen LogP contribution in [0.2, 0.25) is 0 Å². The highest BCUT2D eigenvalue weighted by molar-refractivity contribution is 4.92. The zero-order valence-electron chi connectivity index (χ0n) is 11.7. The van der Waals surface area contributed by atoms with Crippen molar-refractivity contribution in [1.29, 1.82) is 0 Å². The van der Waals surface area contributed by atoms with Gasteiger partial charge in [0.2, 0.25) is 0 Å². The molecule has 0 amide bonds. The Morgan fingerprint density at radius 1 is 1.00 bits per heavy atom. The minimum Gasteiger partial charge on any atom is -0.296 e. The molecular formula is C14H29N. The Labute approximate surface area is 96.2 Å². The third-order valence-electron chi connectivity index (χ3n) is 3.96. The molecule has 0 N–H and O–H groups in total. The third kappa shape index (κ3) is 2.96. The van der Waals surface area contributed by atoms with Gasteiger partial charge < -0.3 is 0 Å². The number of piperidine rings is 1. The van der Waals surface area contributed by atoms with Crippen molar-refractivity contribution in [2.45, 2.75) is 72.9 Å². The fraction of sp³-hybridized carbons (Fsp3) is 1.00. The van der Waals surface area contributed by atoms with Gasteiger partial charge in [-0.3, -0.25) is 4.90 Å². The van der Waals surface area contributed by atoms with Gasteiger partial charge in [-0.2, -0.15) is 0 Å². The predicted molar refractivity (Wildman–Crippen MR) is 68.1 cm³/mol. The summed E-state index contributed by atoms with van der Waals surface area (Å²) < 4.78 is 0. The summed E-state index contributed by atoms with van der Waals surface area (Å²) in [5.74, 6) is 0.838. The van der Waals surface area contributed by atoms with Crippen molar-refractivity contribution in [3.63, 3.8) is 0 Å². The number of likely N-dealkylation sites (tertiary alicyclic amines) is 1. The molecule has 1 aliphatic heterocycles. The highest BCUT2D eigenvalue weighted by Crippen LogP contribution is 2.39. The molecule has 1 heterocycles. The van der Waals surface area contributed by atoms with Gasteiger partial charge in [0.1, 0.15) is 0 Å². The van der Waals surface area contributed by atoms with E-state index in [0.29, 0.717) is 11.0 Å². The summed E-state index contributed by atoms with van der Waals surface area (Å²) in [5, 5.41) is 0. The van der Waals surface area contributed by atoms with E-state index >= 15 is 0 Å². The molecule has 0 aromatic carbocycles. The zero-order chi connectivity index (χ0) is 11.9. The van der Waals surface area contributed by atoms with Gasteiger partial charge in [-0.25, -0.2) is 0 Å². The van der Waals surface area contributed by atoms with E-state index in [2.05, 4.69) is 53.4 Å². The second-order valence-corrected chi connectivity index (χ2v) is 7.22. The summed E-state index contributed by atoms with van der Waals surface area (Å²) in [7, 11) is 0. The summed E-state index contributed by atoms with van der Waals surface area (Å²) in [6, 6.07) is 0.721. The van der Waals surface area contributed by atoms with Crippen LogP contribution in [-0.4, -0.2) is 23.0 Å². The fourth-order valence-corrected chi connectivity index (χ4v) is 3.25. The van der Waals surface area contributed by atoms with Crippen LogP contribution >= 0.6 is 0 Å². The van der Waals surface area contributed by atoms with Gasteiger partial charge in [-0.1, -0.05) is 20.8 Å². The van der Waals surface area contributed by atoms with Crippen LogP contribution in [0.15, 0.2) is 0 Å². The number of hydrogen-bond donors (Lipinski definition) is 0. The molecule has 0 aromatic heterocycles. The largest absolute Gasteiger partial charge is 0.296 e. The van der Waals surface area contributed by atoms with Gasteiger partial charge in [-0.15, -0.1) is 0 Å². The molecule has 1 saturated heterocycles.